The highest BCUT2D eigenvalue weighted by Crippen LogP contribution is 2.47. The summed E-state index contributed by atoms with van der Waals surface area (Å²) in [6.45, 7) is 13.9. The molecule has 4 aromatic carbocycles. The van der Waals surface area contributed by atoms with Crippen LogP contribution >= 0.6 is 0 Å². The fraction of sp³-hybridized carbons (Fsp3) is 0.368. The molecule has 0 radical (unpaired) electrons. The maximum absolute atomic E-state index is 5.41. The van der Waals surface area contributed by atoms with E-state index in [1.54, 1.807) is 0 Å². The Morgan fingerprint density at radius 1 is 0.525 bits per heavy atom. The Balaban J connectivity index is 1.46. The quantitative estimate of drug-likeness (QED) is 0.176. The third-order valence-electron chi connectivity index (χ3n) is 8.96. The molecule has 204 valence electrons. The van der Waals surface area contributed by atoms with E-state index in [9.17, 15) is 0 Å². The largest absolute Gasteiger partial charge is 0.182 e. The molecule has 0 saturated carbocycles. The second kappa shape index (κ2) is 10.1. The van der Waals surface area contributed by atoms with Gasteiger partial charge in [-0.3, -0.25) is 0 Å². The van der Waals surface area contributed by atoms with E-state index < -0.39 is 11.1 Å². The summed E-state index contributed by atoms with van der Waals surface area (Å²) in [5, 5.41) is 10.8. The molecule has 2 nitrogen and oxygen atoms in total. The zero-order valence-electron chi connectivity index (χ0n) is 25.0. The first kappa shape index (κ1) is 26.7. The second-order valence-electron chi connectivity index (χ2n) is 13.3. The van der Waals surface area contributed by atoms with E-state index in [-0.39, 0.29) is 0 Å². The molecule has 2 aliphatic carbocycles. The first-order valence-electron chi connectivity index (χ1n) is 15.0. The van der Waals surface area contributed by atoms with Gasteiger partial charge >= 0.3 is 0 Å². The van der Waals surface area contributed by atoms with Crippen molar-refractivity contribution in [2.75, 3.05) is 0 Å². The first-order valence-corrected chi connectivity index (χ1v) is 15.0. The van der Waals surface area contributed by atoms with E-state index in [2.05, 4.69) is 126 Å². The maximum atomic E-state index is 5.41. The lowest BCUT2D eigenvalue weighted by molar-refractivity contribution is 0.310. The lowest BCUT2D eigenvalue weighted by atomic mass is 9.80. The lowest BCUT2D eigenvalue weighted by Gasteiger charge is -2.33. The molecular weight excluding hydrogens is 484 g/mol. The molecule has 2 atom stereocenters. The summed E-state index contributed by atoms with van der Waals surface area (Å²) < 4.78 is 0. The van der Waals surface area contributed by atoms with Crippen molar-refractivity contribution < 1.29 is 0 Å². The van der Waals surface area contributed by atoms with Crippen LogP contribution in [0.15, 0.2) is 95.2 Å². The Labute approximate surface area is 240 Å². The summed E-state index contributed by atoms with van der Waals surface area (Å²) in [4.78, 5) is 0. The van der Waals surface area contributed by atoms with Gasteiger partial charge in [0.15, 0.2) is 0 Å². The van der Waals surface area contributed by atoms with Crippen molar-refractivity contribution in [3.05, 3.63) is 118 Å². The Morgan fingerprint density at radius 3 is 1.30 bits per heavy atom. The number of benzene rings is 4. The van der Waals surface area contributed by atoms with Crippen LogP contribution in [-0.4, -0.2) is 0 Å². The van der Waals surface area contributed by atoms with Crippen molar-refractivity contribution in [2.24, 2.45) is 22.1 Å². The van der Waals surface area contributed by atoms with Gasteiger partial charge in [-0.1, -0.05) is 113 Å². The molecule has 0 N–H and O–H groups in total. The van der Waals surface area contributed by atoms with Gasteiger partial charge in [0, 0.05) is 0 Å². The van der Waals surface area contributed by atoms with Crippen molar-refractivity contribution in [1.82, 2.24) is 0 Å². The predicted octanol–water partition coefficient (Wildman–Crippen LogP) is 10.5. The van der Waals surface area contributed by atoms with Crippen LogP contribution in [0.3, 0.4) is 0 Å². The van der Waals surface area contributed by atoms with E-state index in [1.165, 1.54) is 55.6 Å². The Hall–Kier alpha value is -3.52. The average Bonchev–Trinajstić information content (AvgIpc) is 3.49. The summed E-state index contributed by atoms with van der Waals surface area (Å²) >= 11 is 0. The van der Waals surface area contributed by atoms with Crippen LogP contribution in [0, 0.1) is 11.8 Å². The van der Waals surface area contributed by atoms with Crippen molar-refractivity contribution in [2.45, 2.75) is 78.3 Å². The molecule has 2 unspecified atom stereocenters. The fourth-order valence-corrected chi connectivity index (χ4v) is 7.54. The van der Waals surface area contributed by atoms with Crippen LogP contribution in [0.4, 0.5) is 0 Å². The van der Waals surface area contributed by atoms with Crippen molar-refractivity contribution in [3.8, 4) is 22.3 Å². The summed E-state index contributed by atoms with van der Waals surface area (Å²) in [6, 6.07) is 31.3. The van der Waals surface area contributed by atoms with E-state index in [4.69, 9.17) is 10.2 Å². The highest BCUT2D eigenvalue weighted by atomic mass is 15.2. The molecular formula is C38H42N2. The summed E-state index contributed by atoms with van der Waals surface area (Å²) in [5.74, 6) is 0.992. The van der Waals surface area contributed by atoms with Crippen LogP contribution in [0.2, 0.25) is 0 Å². The molecule has 6 rings (SSSR count). The molecule has 4 aromatic rings. The van der Waals surface area contributed by atoms with E-state index in [1.807, 2.05) is 0 Å². The van der Waals surface area contributed by atoms with E-state index in [0.29, 0.717) is 11.8 Å². The number of rotatable bonds is 8. The molecule has 0 aliphatic heterocycles. The number of nitrogens with zero attached hydrogens (tertiary/aromatic N) is 2. The molecule has 0 spiro atoms. The lowest BCUT2D eigenvalue weighted by Crippen LogP contribution is -2.27. The standard InChI is InChI=1S/C38H42N2/c1-25(2)23-37(5,35-19-11-17-31-29-15-9-7-13-27(29)21-33(31)35)39-40-38(6,24-26(3)4)36-20-12-18-32-30-16-10-8-14-28(30)22-34(32)36/h7-20,25-26H,21-24H2,1-6H3. The monoisotopic (exact) mass is 526 g/mol. The van der Waals surface area contributed by atoms with Gasteiger partial charge in [-0.25, -0.2) is 0 Å². The van der Waals surface area contributed by atoms with Gasteiger partial charge in [-0.05, 0) is 107 Å². The minimum absolute atomic E-state index is 0.402. The summed E-state index contributed by atoms with van der Waals surface area (Å²) in [7, 11) is 0. The fourth-order valence-electron chi connectivity index (χ4n) is 7.54. The van der Waals surface area contributed by atoms with Gasteiger partial charge in [0.2, 0.25) is 0 Å². The van der Waals surface area contributed by atoms with E-state index in [0.717, 1.165) is 25.7 Å². The summed E-state index contributed by atoms with van der Waals surface area (Å²) in [6.07, 6.45) is 3.86. The molecule has 0 heterocycles. The van der Waals surface area contributed by atoms with Gasteiger partial charge < -0.3 is 0 Å². The van der Waals surface area contributed by atoms with Crippen LogP contribution in [0.5, 0.6) is 0 Å². The zero-order chi connectivity index (χ0) is 28.1. The maximum Gasteiger partial charge on any atom is 0.104 e. The molecule has 0 fully saturated rings. The second-order valence-corrected chi connectivity index (χ2v) is 13.3. The SMILES string of the molecule is CC(C)CC(C)(N=NC(C)(CC(C)C)c1cccc2c1Cc1ccccc1-2)c1cccc2c1Cc1ccccc1-2. The van der Waals surface area contributed by atoms with E-state index >= 15 is 0 Å². The van der Waals surface area contributed by atoms with Gasteiger partial charge in [0.1, 0.15) is 11.1 Å². The number of azo groups is 1. The highest BCUT2D eigenvalue weighted by molar-refractivity contribution is 5.79. The molecule has 2 aliphatic rings. The Bertz CT molecular complexity index is 1470. The molecule has 40 heavy (non-hydrogen) atoms. The number of hydrogen-bond donors (Lipinski definition) is 0. The third kappa shape index (κ3) is 4.62. The Morgan fingerprint density at radius 2 is 0.900 bits per heavy atom. The van der Waals surface area contributed by atoms with Gasteiger partial charge in [0.25, 0.3) is 0 Å². The van der Waals surface area contributed by atoms with Crippen molar-refractivity contribution >= 4 is 0 Å². The van der Waals surface area contributed by atoms with Crippen LogP contribution in [0.25, 0.3) is 22.3 Å². The summed E-state index contributed by atoms with van der Waals surface area (Å²) in [5.41, 5.74) is 13.0. The highest BCUT2D eigenvalue weighted by Gasteiger charge is 2.37. The molecule has 0 aromatic heterocycles. The van der Waals surface area contributed by atoms with Gasteiger partial charge in [0.05, 0.1) is 0 Å². The van der Waals surface area contributed by atoms with Gasteiger partial charge in [-0.2, -0.15) is 10.2 Å². The third-order valence-corrected chi connectivity index (χ3v) is 8.96. The van der Waals surface area contributed by atoms with Crippen molar-refractivity contribution in [3.63, 3.8) is 0 Å². The average molecular weight is 527 g/mol. The molecule has 0 bridgehead atoms. The molecule has 0 amide bonds. The topological polar surface area (TPSA) is 24.7 Å². The van der Waals surface area contributed by atoms with Crippen molar-refractivity contribution in [1.29, 1.82) is 0 Å². The van der Waals surface area contributed by atoms with Crippen LogP contribution < -0.4 is 0 Å². The number of fused-ring (bicyclic) bond motifs is 6. The molecule has 2 heteroatoms. The predicted molar refractivity (Wildman–Crippen MR) is 168 cm³/mol. The smallest absolute Gasteiger partial charge is 0.104 e. The zero-order valence-corrected chi connectivity index (χ0v) is 25.0. The first-order chi connectivity index (χ1) is 19.2. The van der Waals surface area contributed by atoms with Crippen LogP contribution in [-0.2, 0) is 23.9 Å². The van der Waals surface area contributed by atoms with Gasteiger partial charge in [-0.15, -0.1) is 0 Å². The normalized spacial score (nSPS) is 16.5. The molecule has 0 saturated heterocycles. The minimum atomic E-state index is -0.402. The minimum Gasteiger partial charge on any atom is -0.182 e. The Kier molecular flexibility index (Phi) is 6.77. The van der Waals surface area contributed by atoms with Crippen LogP contribution in [0.1, 0.15) is 87.8 Å². The number of hydrogen-bond acceptors (Lipinski definition) is 2.